The van der Waals surface area contributed by atoms with Crippen molar-refractivity contribution in [3.8, 4) is 0 Å². The van der Waals surface area contributed by atoms with Crippen molar-refractivity contribution < 1.29 is 5.03 Å². The Morgan fingerprint density at radius 2 is 1.57 bits per heavy atom. The summed E-state index contributed by atoms with van der Waals surface area (Å²) in [6.07, 6.45) is 0. The summed E-state index contributed by atoms with van der Waals surface area (Å²) in [6, 6.07) is 0.852. The molecule has 0 N–H and O–H groups in total. The van der Waals surface area contributed by atoms with Crippen LogP contribution in [0.5, 0.6) is 0 Å². The van der Waals surface area contributed by atoms with Crippen LogP contribution >= 0.6 is 0 Å². The van der Waals surface area contributed by atoms with Crippen molar-refractivity contribution in [2.24, 2.45) is 0 Å². The van der Waals surface area contributed by atoms with E-state index >= 15 is 0 Å². The number of likely N-dealkylation sites (N-methyl/N-ethyl adjacent to an activating group) is 1. The molecule has 0 unspecified atom stereocenters. The summed E-state index contributed by atoms with van der Waals surface area (Å²) >= 11 is 0. The van der Waals surface area contributed by atoms with E-state index in [2.05, 4.69) is 32.6 Å². The van der Waals surface area contributed by atoms with E-state index in [0.29, 0.717) is 18.6 Å². The molecule has 0 saturated heterocycles. The Morgan fingerprint density at radius 1 is 1.14 bits per heavy atom. The van der Waals surface area contributed by atoms with Crippen molar-refractivity contribution >= 4 is 0 Å². The molecule has 0 fully saturated rings. The van der Waals surface area contributed by atoms with Crippen molar-refractivity contribution in [1.82, 2.24) is 9.91 Å². The van der Waals surface area contributed by atoms with Gasteiger partial charge in [0.15, 0.2) is 5.03 Å². The van der Waals surface area contributed by atoms with Gasteiger partial charge in [-0.15, -0.1) is 5.01 Å². The smallest absolute Gasteiger partial charge is 0.159 e. The molecule has 0 aliphatic heterocycles. The fraction of sp³-hybridized carbons (Fsp3) is 1.00. The third-order valence-corrected chi connectivity index (χ3v) is 2.29. The van der Waals surface area contributed by atoms with E-state index in [4.69, 9.17) is 0 Å². The zero-order chi connectivity index (χ0) is 11.3. The Labute approximate surface area is 85.8 Å². The normalized spacial score (nSPS) is 11.4. The summed E-state index contributed by atoms with van der Waals surface area (Å²) in [5.74, 6) is 0. The fourth-order valence-electron chi connectivity index (χ4n) is 1.45. The lowest BCUT2D eigenvalue weighted by Crippen LogP contribution is -2.42. The average Bonchev–Trinajstić information content (AvgIpc) is 2.02. The van der Waals surface area contributed by atoms with Gasteiger partial charge in [0, 0.05) is 18.6 Å². The van der Waals surface area contributed by atoms with Gasteiger partial charge in [0.1, 0.15) is 0 Å². The monoisotopic (exact) mass is 203 g/mol. The van der Waals surface area contributed by atoms with E-state index in [0.717, 1.165) is 11.6 Å². The molecule has 0 aromatic heterocycles. The van der Waals surface area contributed by atoms with Gasteiger partial charge in [0.05, 0.1) is 13.6 Å². The van der Waals surface area contributed by atoms with Gasteiger partial charge in [0.25, 0.3) is 0 Å². The second-order valence-corrected chi connectivity index (χ2v) is 4.04. The van der Waals surface area contributed by atoms with E-state index < -0.39 is 0 Å². The third-order valence-electron chi connectivity index (χ3n) is 2.29. The maximum absolute atomic E-state index is 10.4. The van der Waals surface area contributed by atoms with E-state index in [1.807, 2.05) is 0 Å². The molecule has 0 amide bonds. The van der Waals surface area contributed by atoms with Gasteiger partial charge >= 0.3 is 0 Å². The van der Waals surface area contributed by atoms with Crippen LogP contribution in [0.15, 0.2) is 0 Å². The molecule has 0 aromatic carbocycles. The van der Waals surface area contributed by atoms with Crippen LogP contribution in [-0.4, -0.2) is 47.2 Å². The first kappa shape index (κ1) is 13.2. The Balaban J connectivity index is 4.00. The standard InChI is InChI=1S/C9H21N3O2/c1-8(2)11(9(3)4)7-6-10(5)12(13)14/h8-9H,6-7H2,1-5H3. The van der Waals surface area contributed by atoms with Crippen molar-refractivity contribution in [3.05, 3.63) is 10.1 Å². The molecule has 0 saturated carbocycles. The van der Waals surface area contributed by atoms with Crippen LogP contribution in [0.1, 0.15) is 27.7 Å². The summed E-state index contributed by atoms with van der Waals surface area (Å²) in [5.41, 5.74) is 0. The molecular formula is C9H21N3O2. The van der Waals surface area contributed by atoms with Gasteiger partial charge in [0.2, 0.25) is 0 Å². The molecule has 5 heteroatoms. The maximum atomic E-state index is 10.4. The molecule has 0 atom stereocenters. The number of hydrogen-bond acceptors (Lipinski definition) is 3. The Kier molecular flexibility index (Phi) is 5.45. The van der Waals surface area contributed by atoms with Gasteiger partial charge in [-0.25, -0.2) is 10.1 Å². The van der Waals surface area contributed by atoms with Crippen LogP contribution in [0.25, 0.3) is 0 Å². The molecule has 0 aromatic rings. The molecule has 5 nitrogen and oxygen atoms in total. The van der Waals surface area contributed by atoms with E-state index in [-0.39, 0.29) is 5.03 Å². The number of nitrogens with zero attached hydrogens (tertiary/aromatic N) is 3. The Bertz CT molecular complexity index is 175. The summed E-state index contributed by atoms with van der Waals surface area (Å²) in [5, 5.41) is 11.1. The first-order valence-electron chi connectivity index (χ1n) is 4.97. The summed E-state index contributed by atoms with van der Waals surface area (Å²) in [6.45, 7) is 9.60. The van der Waals surface area contributed by atoms with Gasteiger partial charge in [-0.05, 0) is 27.7 Å². The predicted molar refractivity (Wildman–Crippen MR) is 56.6 cm³/mol. The highest BCUT2D eigenvalue weighted by Gasteiger charge is 2.15. The van der Waals surface area contributed by atoms with Crippen molar-refractivity contribution in [1.29, 1.82) is 0 Å². The van der Waals surface area contributed by atoms with Crippen LogP contribution in [0, 0.1) is 10.1 Å². The molecule has 0 radical (unpaired) electrons. The summed E-state index contributed by atoms with van der Waals surface area (Å²) < 4.78 is 0. The average molecular weight is 203 g/mol. The summed E-state index contributed by atoms with van der Waals surface area (Å²) in [4.78, 5) is 12.6. The highest BCUT2D eigenvalue weighted by Crippen LogP contribution is 2.04. The number of hydrazine groups is 1. The molecule has 0 aliphatic carbocycles. The first-order valence-corrected chi connectivity index (χ1v) is 4.97. The van der Waals surface area contributed by atoms with Crippen molar-refractivity contribution in [2.45, 2.75) is 39.8 Å². The number of rotatable bonds is 6. The molecule has 0 aliphatic rings. The Hall–Kier alpha value is -0.840. The minimum atomic E-state index is -0.376. The molecule has 0 heterocycles. The van der Waals surface area contributed by atoms with Gasteiger partial charge in [-0.1, -0.05) is 0 Å². The van der Waals surface area contributed by atoms with E-state index in [9.17, 15) is 10.1 Å². The second-order valence-electron chi connectivity index (χ2n) is 4.04. The van der Waals surface area contributed by atoms with E-state index in [1.54, 1.807) is 0 Å². The lowest BCUT2D eigenvalue weighted by Gasteiger charge is -2.30. The predicted octanol–water partition coefficient (Wildman–Crippen LogP) is 1.23. The van der Waals surface area contributed by atoms with Crippen molar-refractivity contribution in [2.75, 3.05) is 20.1 Å². The number of nitro groups is 1. The largest absolute Gasteiger partial charge is 0.297 e. The lowest BCUT2D eigenvalue weighted by atomic mass is 10.2. The first-order chi connectivity index (χ1) is 6.36. The van der Waals surface area contributed by atoms with Crippen LogP contribution in [0.4, 0.5) is 0 Å². The minimum absolute atomic E-state index is 0.376. The summed E-state index contributed by atoms with van der Waals surface area (Å²) in [7, 11) is 1.50. The molecular weight excluding hydrogens is 182 g/mol. The fourth-order valence-corrected chi connectivity index (χ4v) is 1.45. The van der Waals surface area contributed by atoms with Crippen LogP contribution in [0.2, 0.25) is 0 Å². The molecule has 14 heavy (non-hydrogen) atoms. The Morgan fingerprint density at radius 3 is 1.86 bits per heavy atom. The van der Waals surface area contributed by atoms with Crippen molar-refractivity contribution in [3.63, 3.8) is 0 Å². The van der Waals surface area contributed by atoms with Crippen LogP contribution in [0.3, 0.4) is 0 Å². The second kappa shape index (κ2) is 5.80. The van der Waals surface area contributed by atoms with Gasteiger partial charge < -0.3 is 0 Å². The molecule has 0 bridgehead atoms. The highest BCUT2D eigenvalue weighted by molar-refractivity contribution is 4.67. The molecule has 0 spiro atoms. The molecule has 84 valence electrons. The van der Waals surface area contributed by atoms with Gasteiger partial charge in [-0.3, -0.25) is 4.90 Å². The van der Waals surface area contributed by atoms with Crippen LogP contribution in [-0.2, 0) is 0 Å². The third kappa shape index (κ3) is 4.41. The van der Waals surface area contributed by atoms with E-state index in [1.165, 1.54) is 7.05 Å². The maximum Gasteiger partial charge on any atom is 0.159 e. The minimum Gasteiger partial charge on any atom is -0.297 e. The van der Waals surface area contributed by atoms with Gasteiger partial charge in [-0.2, -0.15) is 0 Å². The quantitative estimate of drug-likeness (QED) is 0.481. The zero-order valence-corrected chi connectivity index (χ0v) is 9.73. The zero-order valence-electron chi connectivity index (χ0n) is 9.73. The lowest BCUT2D eigenvalue weighted by molar-refractivity contribution is -0.648. The van der Waals surface area contributed by atoms with Crippen LogP contribution < -0.4 is 0 Å². The number of hydrogen-bond donors (Lipinski definition) is 0. The molecule has 0 rings (SSSR count). The topological polar surface area (TPSA) is 49.6 Å². The highest BCUT2D eigenvalue weighted by atomic mass is 16.7. The SMILES string of the molecule is CC(C)N(CCN(C)[N+](=O)[O-])C(C)C.